The lowest BCUT2D eigenvalue weighted by molar-refractivity contribution is -0.137. The molecule has 2 heterocycles. The Hall–Kier alpha value is -3.08. The Kier molecular flexibility index (Phi) is 5.31. The third kappa shape index (κ3) is 4.37. The summed E-state index contributed by atoms with van der Waals surface area (Å²) in [5.41, 5.74) is -0.525. The summed E-state index contributed by atoms with van der Waals surface area (Å²) in [7, 11) is 0. The molecule has 11 heteroatoms. The van der Waals surface area contributed by atoms with Crippen molar-refractivity contribution >= 4 is 23.4 Å². The molecule has 0 aliphatic carbocycles. The van der Waals surface area contributed by atoms with Crippen LogP contribution in [0, 0.1) is 0 Å². The molecule has 0 aliphatic rings. The van der Waals surface area contributed by atoms with E-state index in [2.05, 4.69) is 20.5 Å². The van der Waals surface area contributed by atoms with Crippen LogP contribution in [0.4, 0.5) is 18.9 Å². The zero-order valence-corrected chi connectivity index (χ0v) is 14.5. The molecule has 0 radical (unpaired) electrons. The van der Waals surface area contributed by atoms with Crippen molar-refractivity contribution in [3.63, 3.8) is 0 Å². The number of aromatic nitrogens is 4. The van der Waals surface area contributed by atoms with Crippen LogP contribution < -0.4 is 11.2 Å². The number of carbonyl (C=O) groups is 1. The Labute approximate surface area is 155 Å². The smallest absolute Gasteiger partial charge is 0.335 e. The van der Waals surface area contributed by atoms with Gasteiger partial charge in [-0.1, -0.05) is 23.9 Å². The van der Waals surface area contributed by atoms with E-state index in [0.717, 1.165) is 17.8 Å². The van der Waals surface area contributed by atoms with Crippen molar-refractivity contribution in [2.45, 2.75) is 11.3 Å². The molecule has 0 saturated heterocycles. The molecule has 0 atom stereocenters. The molecule has 0 spiro atoms. The molecule has 140 valence electrons. The Morgan fingerprint density at radius 1 is 1.15 bits per heavy atom. The number of halogens is 3. The first kappa shape index (κ1) is 18.7. The standard InChI is InChI=1S/C16H13F3N6OS/c17-16(18,19)11-3-1-2-4-12(11)22-13(26)9-27-15-24-23-14(25(15)20)10-5-7-21-8-6-10/h1-8H,9,20H2,(H,22,26). The van der Waals surface area contributed by atoms with E-state index in [1.165, 1.54) is 22.9 Å². The van der Waals surface area contributed by atoms with Gasteiger partial charge in [-0.25, -0.2) is 4.68 Å². The zero-order valence-electron chi connectivity index (χ0n) is 13.6. The second-order valence-electron chi connectivity index (χ2n) is 5.29. The first-order chi connectivity index (χ1) is 12.9. The van der Waals surface area contributed by atoms with Gasteiger partial charge in [0.2, 0.25) is 11.1 Å². The number of benzene rings is 1. The SMILES string of the molecule is Nn1c(SCC(=O)Nc2ccccc2C(F)(F)F)nnc1-c1ccncc1. The maximum Gasteiger partial charge on any atom is 0.418 e. The van der Waals surface area contributed by atoms with Gasteiger partial charge in [0.05, 0.1) is 17.0 Å². The molecule has 1 amide bonds. The second kappa shape index (κ2) is 7.66. The normalized spacial score (nSPS) is 11.4. The van der Waals surface area contributed by atoms with Crippen LogP contribution in [0.1, 0.15) is 5.56 Å². The lowest BCUT2D eigenvalue weighted by atomic mass is 10.1. The Bertz CT molecular complexity index is 945. The summed E-state index contributed by atoms with van der Waals surface area (Å²) in [5, 5.41) is 10.4. The molecule has 3 rings (SSSR count). The predicted octanol–water partition coefficient (Wildman–Crippen LogP) is 2.80. The van der Waals surface area contributed by atoms with Crippen molar-refractivity contribution < 1.29 is 18.0 Å². The van der Waals surface area contributed by atoms with Crippen molar-refractivity contribution in [1.82, 2.24) is 19.9 Å². The molecule has 27 heavy (non-hydrogen) atoms. The molecule has 0 saturated carbocycles. The summed E-state index contributed by atoms with van der Waals surface area (Å²) in [6.45, 7) is 0. The maximum atomic E-state index is 13.0. The Balaban J connectivity index is 1.67. The number of para-hydroxylation sites is 1. The van der Waals surface area contributed by atoms with Gasteiger partial charge < -0.3 is 11.2 Å². The molecule has 3 aromatic rings. The summed E-state index contributed by atoms with van der Waals surface area (Å²) in [6, 6.07) is 8.16. The van der Waals surface area contributed by atoms with Gasteiger partial charge in [-0.2, -0.15) is 13.2 Å². The number of hydrogen-bond acceptors (Lipinski definition) is 6. The van der Waals surface area contributed by atoms with Gasteiger partial charge in [0.15, 0.2) is 5.82 Å². The minimum absolute atomic E-state index is 0.183. The van der Waals surface area contributed by atoms with E-state index >= 15 is 0 Å². The first-order valence-electron chi connectivity index (χ1n) is 7.56. The van der Waals surface area contributed by atoms with Crippen LogP contribution in [-0.2, 0) is 11.0 Å². The van der Waals surface area contributed by atoms with Gasteiger partial charge in [0, 0.05) is 18.0 Å². The topological polar surface area (TPSA) is 98.7 Å². The molecular weight excluding hydrogens is 381 g/mol. The number of anilines is 1. The minimum atomic E-state index is -4.56. The quantitative estimate of drug-likeness (QED) is 0.510. The number of rotatable bonds is 5. The average molecular weight is 394 g/mol. The fourth-order valence-corrected chi connectivity index (χ4v) is 2.89. The van der Waals surface area contributed by atoms with Crippen molar-refractivity contribution in [1.29, 1.82) is 0 Å². The van der Waals surface area contributed by atoms with E-state index in [-0.39, 0.29) is 16.6 Å². The fourth-order valence-electron chi connectivity index (χ4n) is 2.23. The van der Waals surface area contributed by atoms with Gasteiger partial charge in [-0.3, -0.25) is 9.78 Å². The summed E-state index contributed by atoms with van der Waals surface area (Å²) in [4.78, 5) is 15.9. The van der Waals surface area contributed by atoms with Gasteiger partial charge in [-0.15, -0.1) is 10.2 Å². The van der Waals surface area contributed by atoms with Gasteiger partial charge in [-0.05, 0) is 24.3 Å². The number of carbonyl (C=O) groups excluding carboxylic acids is 1. The monoisotopic (exact) mass is 394 g/mol. The van der Waals surface area contributed by atoms with E-state index in [1.807, 2.05) is 0 Å². The van der Waals surface area contributed by atoms with Crippen molar-refractivity contribution in [3.05, 3.63) is 54.4 Å². The number of thioether (sulfide) groups is 1. The molecule has 7 nitrogen and oxygen atoms in total. The lowest BCUT2D eigenvalue weighted by Gasteiger charge is -2.13. The summed E-state index contributed by atoms with van der Waals surface area (Å²) in [5.74, 6) is 5.50. The molecule has 0 aliphatic heterocycles. The van der Waals surface area contributed by atoms with Crippen molar-refractivity contribution in [3.8, 4) is 11.4 Å². The number of pyridine rings is 1. The Morgan fingerprint density at radius 2 is 1.85 bits per heavy atom. The number of hydrogen-bond donors (Lipinski definition) is 2. The number of nitrogens with zero attached hydrogens (tertiary/aromatic N) is 4. The van der Waals surface area contributed by atoms with E-state index < -0.39 is 17.6 Å². The lowest BCUT2D eigenvalue weighted by Crippen LogP contribution is -2.19. The minimum Gasteiger partial charge on any atom is -0.335 e. The molecule has 1 aromatic carbocycles. The van der Waals surface area contributed by atoms with Crippen molar-refractivity contribution in [2.24, 2.45) is 0 Å². The fraction of sp³-hybridized carbons (Fsp3) is 0.125. The van der Waals surface area contributed by atoms with E-state index in [4.69, 9.17) is 5.84 Å². The highest BCUT2D eigenvalue weighted by Crippen LogP contribution is 2.34. The van der Waals surface area contributed by atoms with E-state index in [9.17, 15) is 18.0 Å². The molecule has 2 aromatic heterocycles. The molecular formula is C16H13F3N6OS. The highest BCUT2D eigenvalue weighted by atomic mass is 32.2. The zero-order chi connectivity index (χ0) is 19.4. The number of amides is 1. The highest BCUT2D eigenvalue weighted by Gasteiger charge is 2.33. The number of alkyl halides is 3. The third-order valence-electron chi connectivity index (χ3n) is 3.44. The summed E-state index contributed by atoms with van der Waals surface area (Å²) in [6.07, 6.45) is -1.42. The number of nitrogens with two attached hydrogens (primary N) is 1. The largest absolute Gasteiger partial charge is 0.418 e. The van der Waals surface area contributed by atoms with Crippen LogP contribution in [0.25, 0.3) is 11.4 Å². The maximum absolute atomic E-state index is 13.0. The van der Waals surface area contributed by atoms with Crippen LogP contribution in [0.3, 0.4) is 0 Å². The van der Waals surface area contributed by atoms with Crippen LogP contribution >= 0.6 is 11.8 Å². The summed E-state index contributed by atoms with van der Waals surface area (Å²) >= 11 is 0.959. The first-order valence-corrected chi connectivity index (χ1v) is 8.54. The molecule has 0 unspecified atom stereocenters. The highest BCUT2D eigenvalue weighted by molar-refractivity contribution is 7.99. The molecule has 0 bridgehead atoms. The summed E-state index contributed by atoms with van der Waals surface area (Å²) < 4.78 is 40.1. The molecule has 0 fully saturated rings. The van der Waals surface area contributed by atoms with E-state index in [1.54, 1.807) is 24.5 Å². The average Bonchev–Trinajstić information content (AvgIpc) is 3.01. The van der Waals surface area contributed by atoms with Gasteiger partial charge in [0.1, 0.15) is 0 Å². The molecule has 3 N–H and O–H groups in total. The number of nitrogens with one attached hydrogen (secondary N) is 1. The van der Waals surface area contributed by atoms with Gasteiger partial charge in [0.25, 0.3) is 0 Å². The predicted molar refractivity (Wildman–Crippen MR) is 94.2 cm³/mol. The van der Waals surface area contributed by atoms with Crippen LogP contribution in [0.5, 0.6) is 0 Å². The van der Waals surface area contributed by atoms with Crippen LogP contribution in [0.2, 0.25) is 0 Å². The van der Waals surface area contributed by atoms with Crippen LogP contribution in [-0.4, -0.2) is 31.5 Å². The van der Waals surface area contributed by atoms with Gasteiger partial charge >= 0.3 is 6.18 Å². The second-order valence-corrected chi connectivity index (χ2v) is 6.23. The van der Waals surface area contributed by atoms with Crippen LogP contribution in [0.15, 0.2) is 53.9 Å². The number of nitrogen functional groups attached to an aromatic ring is 1. The third-order valence-corrected chi connectivity index (χ3v) is 4.39. The van der Waals surface area contributed by atoms with Crippen molar-refractivity contribution in [2.75, 3.05) is 16.9 Å². The Morgan fingerprint density at radius 3 is 2.56 bits per heavy atom. The van der Waals surface area contributed by atoms with E-state index in [0.29, 0.717) is 11.4 Å².